The monoisotopic (exact) mass is 251 g/mol. The number of hydrogen-bond donors (Lipinski definition) is 0. The van der Waals surface area contributed by atoms with Gasteiger partial charge in [0.2, 0.25) is 0 Å². The van der Waals surface area contributed by atoms with Crippen molar-refractivity contribution in [1.82, 2.24) is 5.06 Å². The first-order valence-corrected chi connectivity index (χ1v) is 8.05. The summed E-state index contributed by atoms with van der Waals surface area (Å²) in [4.78, 5) is 6.42. The van der Waals surface area contributed by atoms with Crippen LogP contribution < -0.4 is 0 Å². The van der Waals surface area contributed by atoms with Gasteiger partial charge in [-0.05, 0) is 45.4 Å². The Morgan fingerprint density at radius 1 is 1.00 bits per heavy atom. The Morgan fingerprint density at radius 2 is 1.72 bits per heavy atom. The number of hydrogen-bond acceptors (Lipinski definition) is 2. The molecular weight excluding hydrogens is 222 g/mol. The number of hydroxylamine groups is 2. The molecule has 1 saturated heterocycles. The van der Waals surface area contributed by atoms with Crippen molar-refractivity contribution >= 4 is 0 Å². The molecule has 0 aromatic rings. The average molecular weight is 251 g/mol. The Bertz CT molecular complexity index is 295. The lowest BCUT2D eigenvalue weighted by atomic mass is 9.72. The van der Waals surface area contributed by atoms with E-state index in [1.54, 1.807) is 0 Å². The zero-order chi connectivity index (χ0) is 12.8. The molecule has 18 heavy (non-hydrogen) atoms. The zero-order valence-corrected chi connectivity index (χ0v) is 12.3. The minimum atomic E-state index is 0.0717. The molecule has 0 bridgehead atoms. The lowest BCUT2D eigenvalue weighted by Gasteiger charge is -2.38. The zero-order valence-electron chi connectivity index (χ0n) is 12.3. The third-order valence-electron chi connectivity index (χ3n) is 5.57. The Morgan fingerprint density at radius 3 is 2.44 bits per heavy atom. The van der Waals surface area contributed by atoms with Gasteiger partial charge in [0.25, 0.3) is 0 Å². The largest absolute Gasteiger partial charge is 0.292 e. The van der Waals surface area contributed by atoms with Crippen molar-refractivity contribution in [1.29, 1.82) is 0 Å². The van der Waals surface area contributed by atoms with Gasteiger partial charge in [0, 0.05) is 18.0 Å². The van der Waals surface area contributed by atoms with Crippen molar-refractivity contribution < 1.29 is 4.84 Å². The molecule has 104 valence electrons. The Balaban J connectivity index is 1.77. The second kappa shape index (κ2) is 4.79. The highest BCUT2D eigenvalue weighted by Crippen LogP contribution is 2.47. The van der Waals surface area contributed by atoms with Crippen molar-refractivity contribution in [2.75, 3.05) is 0 Å². The van der Waals surface area contributed by atoms with Crippen LogP contribution >= 0.6 is 0 Å². The first-order chi connectivity index (χ1) is 8.58. The lowest BCUT2D eigenvalue weighted by Crippen LogP contribution is -2.43. The van der Waals surface area contributed by atoms with Gasteiger partial charge in [-0.1, -0.05) is 32.6 Å². The van der Waals surface area contributed by atoms with Gasteiger partial charge in [0.15, 0.2) is 0 Å². The van der Waals surface area contributed by atoms with E-state index in [2.05, 4.69) is 25.8 Å². The molecule has 3 fully saturated rings. The van der Waals surface area contributed by atoms with Crippen LogP contribution in [0, 0.1) is 11.8 Å². The minimum absolute atomic E-state index is 0.0717. The van der Waals surface area contributed by atoms with Crippen molar-refractivity contribution in [2.45, 2.75) is 89.8 Å². The normalized spacial score (nSPS) is 41.8. The SMILES string of the molecule is CC1CCC2C(C1)N(C1CCCCC1)OC2(C)C. The predicted octanol–water partition coefficient (Wildman–Crippen LogP) is 4.15. The summed E-state index contributed by atoms with van der Waals surface area (Å²) in [5.74, 6) is 1.64. The van der Waals surface area contributed by atoms with Gasteiger partial charge in [0.05, 0.1) is 5.60 Å². The number of rotatable bonds is 1. The van der Waals surface area contributed by atoms with Crippen LogP contribution in [0.25, 0.3) is 0 Å². The predicted molar refractivity (Wildman–Crippen MR) is 74.2 cm³/mol. The summed E-state index contributed by atoms with van der Waals surface area (Å²) in [6.07, 6.45) is 11.1. The average Bonchev–Trinajstić information content (AvgIpc) is 2.62. The van der Waals surface area contributed by atoms with Crippen molar-refractivity contribution in [3.8, 4) is 0 Å². The molecule has 3 atom stereocenters. The fraction of sp³-hybridized carbons (Fsp3) is 1.00. The van der Waals surface area contributed by atoms with Crippen LogP contribution in [0.15, 0.2) is 0 Å². The lowest BCUT2D eigenvalue weighted by molar-refractivity contribution is -0.223. The number of nitrogens with zero attached hydrogens (tertiary/aromatic N) is 1. The molecule has 1 heterocycles. The molecule has 2 nitrogen and oxygen atoms in total. The first kappa shape index (κ1) is 12.9. The van der Waals surface area contributed by atoms with E-state index in [4.69, 9.17) is 4.84 Å². The Labute approximate surface area is 112 Å². The van der Waals surface area contributed by atoms with Gasteiger partial charge in [-0.25, -0.2) is 0 Å². The van der Waals surface area contributed by atoms with E-state index in [1.807, 2.05) is 0 Å². The van der Waals surface area contributed by atoms with E-state index in [-0.39, 0.29) is 5.60 Å². The summed E-state index contributed by atoms with van der Waals surface area (Å²) in [5, 5.41) is 2.46. The van der Waals surface area contributed by atoms with E-state index in [0.29, 0.717) is 12.1 Å². The van der Waals surface area contributed by atoms with Crippen LogP contribution in [-0.2, 0) is 4.84 Å². The highest BCUT2D eigenvalue weighted by Gasteiger charge is 2.52. The molecule has 0 aromatic carbocycles. The van der Waals surface area contributed by atoms with Gasteiger partial charge < -0.3 is 0 Å². The molecule has 3 aliphatic rings. The molecule has 2 heteroatoms. The van der Waals surface area contributed by atoms with Crippen LogP contribution in [-0.4, -0.2) is 22.7 Å². The van der Waals surface area contributed by atoms with Crippen molar-refractivity contribution in [3.63, 3.8) is 0 Å². The third-order valence-corrected chi connectivity index (χ3v) is 5.57. The summed E-state index contributed by atoms with van der Waals surface area (Å²) in [5.41, 5.74) is 0.0717. The van der Waals surface area contributed by atoms with Crippen LogP contribution in [0.1, 0.15) is 72.1 Å². The molecule has 3 rings (SSSR count). The molecule has 1 aliphatic heterocycles. The van der Waals surface area contributed by atoms with E-state index in [1.165, 1.54) is 51.4 Å². The molecule has 0 spiro atoms. The fourth-order valence-electron chi connectivity index (χ4n) is 4.53. The summed E-state index contributed by atoms with van der Waals surface area (Å²) < 4.78 is 0. The molecule has 0 aromatic heterocycles. The van der Waals surface area contributed by atoms with Gasteiger partial charge >= 0.3 is 0 Å². The molecule has 0 amide bonds. The topological polar surface area (TPSA) is 12.5 Å². The van der Waals surface area contributed by atoms with Gasteiger partial charge in [-0.2, -0.15) is 5.06 Å². The van der Waals surface area contributed by atoms with Gasteiger partial charge in [-0.3, -0.25) is 4.84 Å². The van der Waals surface area contributed by atoms with E-state index < -0.39 is 0 Å². The molecule has 3 unspecified atom stereocenters. The third kappa shape index (κ3) is 2.22. The van der Waals surface area contributed by atoms with Crippen LogP contribution in [0.3, 0.4) is 0 Å². The molecular formula is C16H29NO. The fourth-order valence-corrected chi connectivity index (χ4v) is 4.53. The minimum Gasteiger partial charge on any atom is -0.292 e. The maximum Gasteiger partial charge on any atom is 0.0887 e. The summed E-state index contributed by atoms with van der Waals surface area (Å²) in [6, 6.07) is 1.41. The quantitative estimate of drug-likeness (QED) is 0.694. The van der Waals surface area contributed by atoms with Gasteiger partial charge in [0.1, 0.15) is 0 Å². The molecule has 0 radical (unpaired) electrons. The van der Waals surface area contributed by atoms with Crippen LogP contribution in [0.4, 0.5) is 0 Å². The van der Waals surface area contributed by atoms with Crippen LogP contribution in [0.5, 0.6) is 0 Å². The Kier molecular flexibility index (Phi) is 3.44. The summed E-state index contributed by atoms with van der Waals surface area (Å²) in [7, 11) is 0. The van der Waals surface area contributed by atoms with Crippen molar-refractivity contribution in [2.24, 2.45) is 11.8 Å². The highest BCUT2D eigenvalue weighted by atomic mass is 16.7. The highest BCUT2D eigenvalue weighted by molar-refractivity contribution is 4.98. The molecule has 2 saturated carbocycles. The molecule has 0 N–H and O–H groups in total. The second-order valence-corrected chi connectivity index (χ2v) is 7.44. The number of fused-ring (bicyclic) bond motifs is 1. The maximum absolute atomic E-state index is 6.42. The first-order valence-electron chi connectivity index (χ1n) is 8.05. The maximum atomic E-state index is 6.42. The standard InChI is InChI=1S/C16H29NO/c1-12-9-10-14-15(11-12)17(18-16(14,2)3)13-7-5-4-6-8-13/h12-15H,4-11H2,1-3H3. The van der Waals surface area contributed by atoms with E-state index in [0.717, 1.165) is 11.8 Å². The molecule has 2 aliphatic carbocycles. The Hall–Kier alpha value is -0.0800. The van der Waals surface area contributed by atoms with E-state index in [9.17, 15) is 0 Å². The van der Waals surface area contributed by atoms with E-state index >= 15 is 0 Å². The van der Waals surface area contributed by atoms with Crippen LogP contribution in [0.2, 0.25) is 0 Å². The summed E-state index contributed by atoms with van der Waals surface area (Å²) in [6.45, 7) is 7.04. The second-order valence-electron chi connectivity index (χ2n) is 7.44. The summed E-state index contributed by atoms with van der Waals surface area (Å²) >= 11 is 0. The smallest absolute Gasteiger partial charge is 0.0887 e. The van der Waals surface area contributed by atoms with Crippen molar-refractivity contribution in [3.05, 3.63) is 0 Å². The van der Waals surface area contributed by atoms with Gasteiger partial charge in [-0.15, -0.1) is 0 Å².